The summed E-state index contributed by atoms with van der Waals surface area (Å²) in [6.07, 6.45) is 5.89. The van der Waals surface area contributed by atoms with Gasteiger partial charge in [0.15, 0.2) is 0 Å². The summed E-state index contributed by atoms with van der Waals surface area (Å²) in [6.45, 7) is 3.45. The maximum atomic E-state index is 12.6. The van der Waals surface area contributed by atoms with Crippen molar-refractivity contribution in [2.45, 2.75) is 38.1 Å². The number of carbonyl (C=O) groups is 2. The van der Waals surface area contributed by atoms with Gasteiger partial charge in [-0.15, -0.1) is 0 Å². The van der Waals surface area contributed by atoms with Crippen molar-refractivity contribution in [1.29, 1.82) is 0 Å². The van der Waals surface area contributed by atoms with E-state index in [1.807, 2.05) is 29.2 Å². The quantitative estimate of drug-likeness (QED) is 0.436. The summed E-state index contributed by atoms with van der Waals surface area (Å²) in [5.41, 5.74) is 7.43. The average molecular weight is 371 g/mol. The first-order valence-electron chi connectivity index (χ1n) is 9.70. The molecule has 0 unspecified atom stereocenters. The molecule has 0 spiro atoms. The Labute approximate surface area is 160 Å². The lowest BCUT2D eigenvalue weighted by Crippen LogP contribution is -2.45. The molecule has 2 heterocycles. The van der Waals surface area contributed by atoms with Gasteiger partial charge in [0.1, 0.15) is 0 Å². The lowest BCUT2D eigenvalue weighted by molar-refractivity contribution is -0.131. The van der Waals surface area contributed by atoms with Crippen LogP contribution in [0, 0.1) is 5.92 Å². The van der Waals surface area contributed by atoms with Crippen molar-refractivity contribution in [3.05, 3.63) is 35.4 Å². The molecule has 1 atom stereocenters. The second-order valence-corrected chi connectivity index (χ2v) is 7.58. The van der Waals surface area contributed by atoms with Crippen LogP contribution in [0.4, 0.5) is 0 Å². The zero-order chi connectivity index (χ0) is 19.2. The number of piperidine rings is 1. The van der Waals surface area contributed by atoms with Gasteiger partial charge in [0.2, 0.25) is 11.8 Å². The number of amides is 2. The summed E-state index contributed by atoms with van der Waals surface area (Å²) in [5, 5.41) is 3.50. The van der Waals surface area contributed by atoms with Crippen molar-refractivity contribution in [3.63, 3.8) is 0 Å². The van der Waals surface area contributed by atoms with Crippen molar-refractivity contribution in [3.8, 4) is 0 Å². The van der Waals surface area contributed by atoms with Gasteiger partial charge in [-0.1, -0.05) is 24.3 Å². The monoisotopic (exact) mass is 371 g/mol. The third kappa shape index (κ3) is 5.07. The predicted octanol–water partition coefficient (Wildman–Crippen LogP) is 0.710. The molecule has 7 heteroatoms. The van der Waals surface area contributed by atoms with Gasteiger partial charge in [-0.05, 0) is 49.3 Å². The minimum Gasteiger partial charge on any atom is -0.368 e. The molecular weight excluding hydrogens is 342 g/mol. The van der Waals surface area contributed by atoms with Gasteiger partial charge in [0.05, 0.1) is 18.7 Å². The number of primary amides is 1. The minimum atomic E-state index is -0.205. The van der Waals surface area contributed by atoms with Gasteiger partial charge in [-0.2, -0.15) is 5.10 Å². The van der Waals surface area contributed by atoms with Gasteiger partial charge < -0.3 is 16.5 Å². The van der Waals surface area contributed by atoms with Gasteiger partial charge in [0, 0.05) is 19.6 Å². The summed E-state index contributed by atoms with van der Waals surface area (Å²) in [7, 11) is 0. The molecule has 2 saturated heterocycles. The number of carbonyl (C=O) groups excluding carboxylic acids is 2. The summed E-state index contributed by atoms with van der Waals surface area (Å²) in [6, 6.07) is 7.61. The largest absolute Gasteiger partial charge is 0.368 e. The fraction of sp³-hybridized carbons (Fsp3) is 0.550. The third-order valence-corrected chi connectivity index (χ3v) is 5.71. The number of hydrogen-bond acceptors (Lipinski definition) is 5. The van der Waals surface area contributed by atoms with Crippen LogP contribution in [0.5, 0.6) is 0 Å². The molecule has 0 bridgehead atoms. The molecule has 0 saturated carbocycles. The van der Waals surface area contributed by atoms with Crippen LogP contribution in [0.3, 0.4) is 0 Å². The molecule has 4 N–H and O–H groups in total. The van der Waals surface area contributed by atoms with Crippen molar-refractivity contribution in [1.82, 2.24) is 9.80 Å². The van der Waals surface area contributed by atoms with E-state index in [1.165, 1.54) is 0 Å². The van der Waals surface area contributed by atoms with Gasteiger partial charge >= 0.3 is 0 Å². The number of hydrazone groups is 1. The van der Waals surface area contributed by atoms with Gasteiger partial charge in [-0.25, -0.2) is 0 Å². The molecule has 0 aromatic heterocycles. The van der Waals surface area contributed by atoms with E-state index in [2.05, 4.69) is 10.0 Å². The molecule has 2 amide bonds. The molecule has 2 fully saturated rings. The fourth-order valence-electron chi connectivity index (χ4n) is 4.16. The normalized spacial score (nSPS) is 21.8. The smallest absolute Gasteiger partial charge is 0.234 e. The molecule has 1 aromatic rings. The lowest BCUT2D eigenvalue weighted by Gasteiger charge is -2.35. The van der Waals surface area contributed by atoms with E-state index < -0.39 is 0 Å². The second-order valence-electron chi connectivity index (χ2n) is 7.58. The molecule has 3 rings (SSSR count). The van der Waals surface area contributed by atoms with E-state index >= 15 is 0 Å². The highest BCUT2D eigenvalue weighted by Gasteiger charge is 2.32. The number of nitrogens with two attached hydrogens (primary N) is 2. The van der Waals surface area contributed by atoms with Crippen LogP contribution in [0.1, 0.15) is 36.8 Å². The van der Waals surface area contributed by atoms with E-state index in [4.69, 9.17) is 11.6 Å². The summed E-state index contributed by atoms with van der Waals surface area (Å²) in [5.74, 6) is 5.64. The number of nitrogens with zero attached hydrogens (tertiary/aromatic N) is 3. The zero-order valence-electron chi connectivity index (χ0n) is 15.7. The first kappa shape index (κ1) is 19.4. The van der Waals surface area contributed by atoms with E-state index in [0.717, 1.165) is 63.0 Å². The highest BCUT2D eigenvalue weighted by molar-refractivity contribution is 5.81. The van der Waals surface area contributed by atoms with Crippen molar-refractivity contribution in [2.75, 3.05) is 26.2 Å². The molecule has 0 aliphatic carbocycles. The van der Waals surface area contributed by atoms with E-state index in [0.29, 0.717) is 12.3 Å². The summed E-state index contributed by atoms with van der Waals surface area (Å²) >= 11 is 0. The van der Waals surface area contributed by atoms with Gasteiger partial charge in [-0.3, -0.25) is 14.5 Å². The Balaban J connectivity index is 1.45. The minimum absolute atomic E-state index is 0.100. The standard InChI is InChI=1S/C20H29N5O2/c21-20(27)18-2-1-9-25(18)14-17-7-10-24(11-8-17)19(26)12-15-3-5-16(6-4-15)13-23-22/h3-6,13,17-18H,1-2,7-12,14,22H2,(H2,21,27)/t18-/m0/s1. The highest BCUT2D eigenvalue weighted by Crippen LogP contribution is 2.24. The van der Waals surface area contributed by atoms with E-state index in [9.17, 15) is 9.59 Å². The topological polar surface area (TPSA) is 105 Å². The predicted molar refractivity (Wildman–Crippen MR) is 105 cm³/mol. The van der Waals surface area contributed by atoms with Crippen LogP contribution in [0.15, 0.2) is 29.4 Å². The maximum absolute atomic E-state index is 12.6. The Kier molecular flexibility index (Phi) is 6.45. The summed E-state index contributed by atoms with van der Waals surface area (Å²) < 4.78 is 0. The molecule has 27 heavy (non-hydrogen) atoms. The van der Waals surface area contributed by atoms with Crippen LogP contribution < -0.4 is 11.6 Å². The van der Waals surface area contributed by atoms with Crippen molar-refractivity contribution < 1.29 is 9.59 Å². The number of hydrogen-bond donors (Lipinski definition) is 2. The zero-order valence-corrected chi connectivity index (χ0v) is 15.7. The fourth-order valence-corrected chi connectivity index (χ4v) is 4.16. The molecule has 1 aromatic carbocycles. The van der Waals surface area contributed by atoms with Crippen molar-refractivity contribution in [2.24, 2.45) is 22.6 Å². The number of benzene rings is 1. The first-order chi connectivity index (χ1) is 13.1. The van der Waals surface area contributed by atoms with Crippen molar-refractivity contribution >= 4 is 18.0 Å². The van der Waals surface area contributed by atoms with Gasteiger partial charge in [0.25, 0.3) is 0 Å². The number of rotatable bonds is 6. The third-order valence-electron chi connectivity index (χ3n) is 5.71. The Hall–Kier alpha value is -2.41. The van der Waals surface area contributed by atoms with E-state index in [1.54, 1.807) is 6.21 Å². The second kappa shape index (κ2) is 8.99. The van der Waals surface area contributed by atoms with E-state index in [-0.39, 0.29) is 17.9 Å². The SMILES string of the molecule is NN=Cc1ccc(CC(=O)N2CCC(CN3CCC[C@H]3C(N)=O)CC2)cc1. The summed E-state index contributed by atoms with van der Waals surface area (Å²) in [4.78, 5) is 28.3. The van der Waals surface area contributed by atoms with Crippen LogP contribution in [-0.4, -0.2) is 60.0 Å². The Morgan fingerprint density at radius 2 is 1.81 bits per heavy atom. The van der Waals surface area contributed by atoms with Crippen LogP contribution in [0.25, 0.3) is 0 Å². The van der Waals surface area contributed by atoms with Crippen LogP contribution >= 0.6 is 0 Å². The first-order valence-corrected chi connectivity index (χ1v) is 9.70. The molecule has 146 valence electrons. The molecular formula is C20H29N5O2. The highest BCUT2D eigenvalue weighted by atomic mass is 16.2. The van der Waals surface area contributed by atoms with Crippen LogP contribution in [0.2, 0.25) is 0 Å². The average Bonchev–Trinajstić information content (AvgIpc) is 3.12. The molecule has 2 aliphatic heterocycles. The Morgan fingerprint density at radius 1 is 1.11 bits per heavy atom. The number of likely N-dealkylation sites (tertiary alicyclic amines) is 2. The molecule has 2 aliphatic rings. The lowest BCUT2D eigenvalue weighted by atomic mass is 9.95. The molecule has 7 nitrogen and oxygen atoms in total. The maximum Gasteiger partial charge on any atom is 0.234 e. The molecule has 0 radical (unpaired) electrons. The Morgan fingerprint density at radius 3 is 2.44 bits per heavy atom. The Bertz CT molecular complexity index is 680. The van der Waals surface area contributed by atoms with Crippen LogP contribution in [-0.2, 0) is 16.0 Å².